The maximum Gasteiger partial charge on any atom is 0.256 e. The summed E-state index contributed by atoms with van der Waals surface area (Å²) in [5.41, 5.74) is 2.46. The first-order valence-electron chi connectivity index (χ1n) is 11.2. The van der Waals surface area contributed by atoms with Crippen LogP contribution in [-0.4, -0.2) is 47.3 Å². The summed E-state index contributed by atoms with van der Waals surface area (Å²) >= 11 is 6.54. The molecule has 6 nitrogen and oxygen atoms in total. The van der Waals surface area contributed by atoms with E-state index in [0.717, 1.165) is 37.2 Å². The van der Waals surface area contributed by atoms with E-state index >= 15 is 0 Å². The van der Waals surface area contributed by atoms with E-state index < -0.39 is 0 Å². The number of aryl methyl sites for hydroxylation is 1. The van der Waals surface area contributed by atoms with Crippen molar-refractivity contribution in [3.8, 4) is 11.4 Å². The molecule has 4 rings (SSSR count). The Hall–Kier alpha value is -2.90. The topological polar surface area (TPSA) is 59.4 Å². The van der Waals surface area contributed by atoms with E-state index in [2.05, 4.69) is 21.4 Å². The van der Waals surface area contributed by atoms with Gasteiger partial charge in [0.15, 0.2) is 0 Å². The molecule has 0 aliphatic carbocycles. The lowest BCUT2D eigenvalue weighted by atomic mass is 10.0. The monoisotopic (exact) mass is 470 g/mol. The second-order valence-electron chi connectivity index (χ2n) is 8.20. The highest BCUT2D eigenvalue weighted by molar-refractivity contribution is 6.33. The molecule has 8 heteroatoms. The fourth-order valence-electron chi connectivity index (χ4n) is 4.40. The minimum atomic E-state index is -0.350. The lowest BCUT2D eigenvalue weighted by Crippen LogP contribution is -2.41. The van der Waals surface area contributed by atoms with E-state index in [-0.39, 0.29) is 22.9 Å². The number of carbonyl (C=O) groups excluding carboxylic acids is 1. The van der Waals surface area contributed by atoms with Gasteiger partial charge in [-0.25, -0.2) is 9.07 Å². The van der Waals surface area contributed by atoms with Gasteiger partial charge in [-0.2, -0.15) is 5.10 Å². The van der Waals surface area contributed by atoms with E-state index in [1.54, 1.807) is 26.2 Å². The van der Waals surface area contributed by atoms with Crippen molar-refractivity contribution in [2.24, 2.45) is 0 Å². The van der Waals surface area contributed by atoms with Gasteiger partial charge in [-0.15, -0.1) is 0 Å². The molecule has 1 amide bonds. The summed E-state index contributed by atoms with van der Waals surface area (Å²) in [5, 5.41) is 7.67. The first kappa shape index (κ1) is 23.3. The summed E-state index contributed by atoms with van der Waals surface area (Å²) in [7, 11) is 1.66. The molecule has 3 aromatic rings. The predicted octanol–water partition coefficient (Wildman–Crippen LogP) is 4.94. The average molecular weight is 471 g/mol. The van der Waals surface area contributed by atoms with Crippen LogP contribution in [0.3, 0.4) is 0 Å². The minimum absolute atomic E-state index is 0.0170. The summed E-state index contributed by atoms with van der Waals surface area (Å²) in [5.74, 6) is 0.167. The van der Waals surface area contributed by atoms with Crippen LogP contribution in [0.1, 0.15) is 46.9 Å². The average Bonchev–Trinajstić information content (AvgIpc) is 3.14. The molecule has 174 valence electrons. The standard InChI is InChI=1S/C25H28ClFN4O2/c1-17-23(24(26)31(29-17)19-12-10-18(27)11-13-19)25(32)28-16-21(30-14-6-3-7-15-30)20-8-4-5-9-22(20)33-2/h4-5,8-13,21H,3,6-7,14-16H2,1-2H3,(H,28,32). The first-order valence-corrected chi connectivity index (χ1v) is 11.5. The number of halogens is 2. The Morgan fingerprint density at radius 1 is 1.15 bits per heavy atom. The van der Waals surface area contributed by atoms with Crippen molar-refractivity contribution in [2.45, 2.75) is 32.2 Å². The number of rotatable bonds is 7. The number of amides is 1. The van der Waals surface area contributed by atoms with Gasteiger partial charge in [0.2, 0.25) is 0 Å². The number of likely N-dealkylation sites (tertiary alicyclic amines) is 1. The van der Waals surface area contributed by atoms with Crippen molar-refractivity contribution < 1.29 is 13.9 Å². The highest BCUT2D eigenvalue weighted by atomic mass is 35.5. The summed E-state index contributed by atoms with van der Waals surface area (Å²) in [6.45, 7) is 4.10. The first-order chi connectivity index (χ1) is 16.0. The predicted molar refractivity (Wildman–Crippen MR) is 127 cm³/mol. The van der Waals surface area contributed by atoms with Crippen LogP contribution in [0.25, 0.3) is 5.69 Å². The van der Waals surface area contributed by atoms with Gasteiger partial charge in [-0.1, -0.05) is 36.2 Å². The van der Waals surface area contributed by atoms with Crippen LogP contribution >= 0.6 is 11.6 Å². The fraction of sp³-hybridized carbons (Fsp3) is 0.360. The molecule has 1 N–H and O–H groups in total. The molecule has 1 unspecified atom stereocenters. The zero-order chi connectivity index (χ0) is 23.4. The number of nitrogens with one attached hydrogen (secondary N) is 1. The highest BCUT2D eigenvalue weighted by Crippen LogP contribution is 2.31. The smallest absolute Gasteiger partial charge is 0.256 e. The van der Waals surface area contributed by atoms with Gasteiger partial charge < -0.3 is 10.1 Å². The zero-order valence-corrected chi connectivity index (χ0v) is 19.6. The molecule has 0 saturated carbocycles. The zero-order valence-electron chi connectivity index (χ0n) is 18.9. The third kappa shape index (κ3) is 5.04. The minimum Gasteiger partial charge on any atom is -0.496 e. The van der Waals surface area contributed by atoms with E-state index in [1.807, 2.05) is 18.2 Å². The van der Waals surface area contributed by atoms with Gasteiger partial charge in [0, 0.05) is 12.1 Å². The molecule has 1 fully saturated rings. The van der Waals surface area contributed by atoms with Crippen LogP contribution in [0, 0.1) is 12.7 Å². The van der Waals surface area contributed by atoms with Crippen molar-refractivity contribution in [3.05, 3.63) is 76.3 Å². The number of nitrogens with zero attached hydrogens (tertiary/aromatic N) is 3. The van der Waals surface area contributed by atoms with Crippen molar-refractivity contribution in [2.75, 3.05) is 26.7 Å². The normalized spacial score (nSPS) is 15.3. The number of aromatic nitrogens is 2. The second kappa shape index (κ2) is 10.4. The SMILES string of the molecule is COc1ccccc1C(CNC(=O)c1c(C)nn(-c2ccc(F)cc2)c1Cl)N1CCCCC1. The Morgan fingerprint density at radius 2 is 1.85 bits per heavy atom. The van der Waals surface area contributed by atoms with E-state index in [1.165, 1.54) is 23.2 Å². The van der Waals surface area contributed by atoms with E-state index in [4.69, 9.17) is 16.3 Å². The van der Waals surface area contributed by atoms with Gasteiger partial charge in [0.25, 0.3) is 5.91 Å². The largest absolute Gasteiger partial charge is 0.496 e. The van der Waals surface area contributed by atoms with Gasteiger partial charge in [-0.3, -0.25) is 9.69 Å². The summed E-state index contributed by atoms with van der Waals surface area (Å²) in [6, 6.07) is 13.7. The Morgan fingerprint density at radius 3 is 2.55 bits per heavy atom. The summed E-state index contributed by atoms with van der Waals surface area (Å²) in [6.07, 6.45) is 3.49. The lowest BCUT2D eigenvalue weighted by Gasteiger charge is -2.35. The number of benzene rings is 2. The Bertz CT molecular complexity index is 1110. The number of hydrogen-bond donors (Lipinski definition) is 1. The molecular weight excluding hydrogens is 443 g/mol. The third-order valence-corrected chi connectivity index (χ3v) is 6.44. The molecule has 1 aromatic heterocycles. The van der Waals surface area contributed by atoms with Crippen molar-refractivity contribution in [1.29, 1.82) is 0 Å². The number of methoxy groups -OCH3 is 1. The number of ether oxygens (including phenoxy) is 1. The summed E-state index contributed by atoms with van der Waals surface area (Å²) in [4.78, 5) is 15.6. The highest BCUT2D eigenvalue weighted by Gasteiger charge is 2.27. The molecule has 1 aliphatic heterocycles. The summed E-state index contributed by atoms with van der Waals surface area (Å²) < 4.78 is 20.4. The van der Waals surface area contributed by atoms with Gasteiger partial charge in [0.1, 0.15) is 16.7 Å². The van der Waals surface area contributed by atoms with E-state index in [0.29, 0.717) is 23.5 Å². The molecule has 33 heavy (non-hydrogen) atoms. The molecule has 2 heterocycles. The molecule has 0 bridgehead atoms. The van der Waals surface area contributed by atoms with Crippen molar-refractivity contribution in [3.63, 3.8) is 0 Å². The van der Waals surface area contributed by atoms with Crippen molar-refractivity contribution >= 4 is 17.5 Å². The Kier molecular flexibility index (Phi) is 7.30. The van der Waals surface area contributed by atoms with Gasteiger partial charge in [0.05, 0.1) is 30.1 Å². The second-order valence-corrected chi connectivity index (χ2v) is 8.56. The number of hydrogen-bond acceptors (Lipinski definition) is 4. The Labute approximate surface area is 198 Å². The molecule has 1 aliphatic rings. The fourth-order valence-corrected chi connectivity index (χ4v) is 4.75. The molecule has 0 radical (unpaired) electrons. The number of carbonyl (C=O) groups is 1. The van der Waals surface area contributed by atoms with Crippen LogP contribution in [-0.2, 0) is 0 Å². The Balaban J connectivity index is 1.57. The molecule has 1 atom stereocenters. The maximum absolute atomic E-state index is 13.3. The van der Waals surface area contributed by atoms with Gasteiger partial charge in [-0.05, 0) is 63.2 Å². The van der Waals surface area contributed by atoms with Gasteiger partial charge >= 0.3 is 0 Å². The van der Waals surface area contributed by atoms with Crippen LogP contribution in [0.2, 0.25) is 5.15 Å². The number of piperidine rings is 1. The number of para-hydroxylation sites is 1. The molecule has 2 aromatic carbocycles. The van der Waals surface area contributed by atoms with Crippen LogP contribution in [0.15, 0.2) is 48.5 Å². The molecule has 1 saturated heterocycles. The van der Waals surface area contributed by atoms with Crippen LogP contribution in [0.5, 0.6) is 5.75 Å². The van der Waals surface area contributed by atoms with Crippen LogP contribution in [0.4, 0.5) is 4.39 Å². The van der Waals surface area contributed by atoms with Crippen molar-refractivity contribution in [1.82, 2.24) is 20.0 Å². The third-order valence-electron chi connectivity index (χ3n) is 6.09. The quantitative estimate of drug-likeness (QED) is 0.531. The molecular formula is C25H28ClFN4O2. The van der Waals surface area contributed by atoms with Crippen LogP contribution < -0.4 is 10.1 Å². The molecule has 0 spiro atoms. The lowest BCUT2D eigenvalue weighted by molar-refractivity contribution is 0.0922. The maximum atomic E-state index is 13.3. The van der Waals surface area contributed by atoms with E-state index in [9.17, 15) is 9.18 Å².